The van der Waals surface area contributed by atoms with Crippen LogP contribution in [0, 0.1) is 6.92 Å². The van der Waals surface area contributed by atoms with Crippen LogP contribution in [-0.2, 0) is 16.0 Å². The van der Waals surface area contributed by atoms with Gasteiger partial charge < -0.3 is 19.7 Å². The Hall–Kier alpha value is -4.21. The van der Waals surface area contributed by atoms with E-state index in [0.29, 0.717) is 56.8 Å². The molecular weight excluding hydrogens is 450 g/mol. The van der Waals surface area contributed by atoms with E-state index in [4.69, 9.17) is 9.47 Å². The van der Waals surface area contributed by atoms with Crippen LogP contribution < -0.4 is 25.0 Å². The zero-order valence-electron chi connectivity index (χ0n) is 19.2. The predicted octanol–water partition coefficient (Wildman–Crippen LogP) is 0.595. The number of nitrogens with zero attached hydrogens (tertiary/aromatic N) is 5. The minimum Gasteiger partial charge on any atom is -0.486 e. The standard InChI is InChI=1S/C24H25N7O4/c1-16-12-21(29-24(28-16)30-8-6-25-15-30)31-9-7-26-22(18(31)14-32)23(33)27-5-4-17-2-3-19-20(13-17)35-11-10-34-19/h2-3,6,8,12-13,15,22,26H,4-5,7,9-11H2,1H3,(H,27,33). The number of anilines is 1. The molecule has 11 heteroatoms. The van der Waals surface area contributed by atoms with Gasteiger partial charge in [-0.2, -0.15) is 4.98 Å². The molecule has 180 valence electrons. The topological polar surface area (TPSA) is 124 Å². The first kappa shape index (κ1) is 22.6. The second-order valence-electron chi connectivity index (χ2n) is 8.18. The van der Waals surface area contributed by atoms with Crippen LogP contribution in [0.15, 0.2) is 48.7 Å². The van der Waals surface area contributed by atoms with Crippen molar-refractivity contribution in [2.45, 2.75) is 19.4 Å². The molecule has 11 nitrogen and oxygen atoms in total. The summed E-state index contributed by atoms with van der Waals surface area (Å²) in [6.45, 7) is 4.27. The zero-order valence-corrected chi connectivity index (χ0v) is 19.2. The molecule has 5 rings (SSSR count). The lowest BCUT2D eigenvalue weighted by Gasteiger charge is -2.34. The Labute approximate surface area is 201 Å². The van der Waals surface area contributed by atoms with Crippen molar-refractivity contribution in [2.24, 2.45) is 0 Å². The molecule has 1 aromatic carbocycles. The maximum Gasteiger partial charge on any atom is 0.244 e. The first-order valence-corrected chi connectivity index (χ1v) is 11.4. The number of rotatable bonds is 6. The number of aryl methyl sites for hydroxylation is 1. The Balaban J connectivity index is 1.27. The van der Waals surface area contributed by atoms with Gasteiger partial charge in [0.05, 0.1) is 0 Å². The second kappa shape index (κ2) is 9.96. The lowest BCUT2D eigenvalue weighted by molar-refractivity contribution is -0.122. The number of aromatic nitrogens is 4. The Morgan fingerprint density at radius 3 is 2.89 bits per heavy atom. The van der Waals surface area contributed by atoms with Crippen LogP contribution in [0.1, 0.15) is 11.3 Å². The molecule has 0 bridgehead atoms. The average molecular weight is 476 g/mol. The average Bonchev–Trinajstić information content (AvgIpc) is 3.43. The summed E-state index contributed by atoms with van der Waals surface area (Å²) in [6.07, 6.45) is 5.59. The molecule has 3 aromatic rings. The van der Waals surface area contributed by atoms with Gasteiger partial charge in [0.2, 0.25) is 11.9 Å². The van der Waals surface area contributed by atoms with E-state index < -0.39 is 6.04 Å². The van der Waals surface area contributed by atoms with Crippen LogP contribution in [0.3, 0.4) is 0 Å². The molecule has 1 unspecified atom stereocenters. The van der Waals surface area contributed by atoms with Gasteiger partial charge in [0.1, 0.15) is 43.0 Å². The maximum absolute atomic E-state index is 13.0. The van der Waals surface area contributed by atoms with Crippen molar-refractivity contribution < 1.29 is 19.1 Å². The van der Waals surface area contributed by atoms with E-state index >= 15 is 0 Å². The molecule has 2 aromatic heterocycles. The van der Waals surface area contributed by atoms with Crippen molar-refractivity contribution in [3.63, 3.8) is 0 Å². The van der Waals surface area contributed by atoms with E-state index in [0.717, 1.165) is 17.0 Å². The number of carbonyl (C=O) groups is 1. The van der Waals surface area contributed by atoms with Crippen molar-refractivity contribution in [2.75, 3.05) is 37.7 Å². The molecule has 1 amide bonds. The van der Waals surface area contributed by atoms with Gasteiger partial charge in [-0.3, -0.25) is 14.7 Å². The monoisotopic (exact) mass is 475 g/mol. The minimum absolute atomic E-state index is 0.183. The van der Waals surface area contributed by atoms with Gasteiger partial charge in [0.15, 0.2) is 11.5 Å². The summed E-state index contributed by atoms with van der Waals surface area (Å²) >= 11 is 0. The first-order chi connectivity index (χ1) is 17.1. The highest BCUT2D eigenvalue weighted by atomic mass is 16.6. The number of hydrogen-bond acceptors (Lipinski definition) is 9. The van der Waals surface area contributed by atoms with E-state index in [1.54, 1.807) is 34.3 Å². The highest BCUT2D eigenvalue weighted by molar-refractivity contribution is 5.89. The predicted molar refractivity (Wildman–Crippen MR) is 126 cm³/mol. The number of hydrogen-bond donors (Lipinski definition) is 2. The zero-order chi connectivity index (χ0) is 24.2. The minimum atomic E-state index is -0.839. The summed E-state index contributed by atoms with van der Waals surface area (Å²) in [5, 5.41) is 6.03. The van der Waals surface area contributed by atoms with E-state index in [2.05, 4.69) is 25.6 Å². The summed E-state index contributed by atoms with van der Waals surface area (Å²) in [5.74, 6) is 4.06. The largest absolute Gasteiger partial charge is 0.486 e. The van der Waals surface area contributed by atoms with Gasteiger partial charge >= 0.3 is 0 Å². The van der Waals surface area contributed by atoms with Gasteiger partial charge in [0, 0.05) is 43.8 Å². The Bertz CT molecular complexity index is 1270. The summed E-state index contributed by atoms with van der Waals surface area (Å²) < 4.78 is 12.9. The fourth-order valence-electron chi connectivity index (χ4n) is 4.11. The van der Waals surface area contributed by atoms with E-state index in [1.165, 1.54) is 0 Å². The Morgan fingerprint density at radius 1 is 1.23 bits per heavy atom. The molecular formula is C24H25N7O4. The third-order valence-electron chi connectivity index (χ3n) is 5.78. The highest BCUT2D eigenvalue weighted by Gasteiger charge is 2.33. The van der Waals surface area contributed by atoms with Crippen LogP contribution in [0.5, 0.6) is 11.5 Å². The SMILES string of the molecule is Cc1cc(N2CCNC(C(=O)NCCc3ccc4c(c3)OCCO4)C2=C=O)nc(-n2ccnc2)n1. The van der Waals surface area contributed by atoms with Crippen LogP contribution >= 0.6 is 0 Å². The molecule has 1 atom stereocenters. The third-order valence-corrected chi connectivity index (χ3v) is 5.78. The number of imidazole rings is 1. The van der Waals surface area contributed by atoms with E-state index in [9.17, 15) is 9.59 Å². The normalized spacial score (nSPS) is 17.1. The smallest absolute Gasteiger partial charge is 0.244 e. The van der Waals surface area contributed by atoms with Crippen LogP contribution in [0.2, 0.25) is 0 Å². The fourth-order valence-corrected chi connectivity index (χ4v) is 4.11. The molecule has 2 N–H and O–H groups in total. The third kappa shape index (κ3) is 4.86. The fraction of sp³-hybridized carbons (Fsp3) is 0.333. The lowest BCUT2D eigenvalue weighted by atomic mass is 10.1. The molecule has 2 aliphatic heterocycles. The lowest BCUT2D eigenvalue weighted by Crippen LogP contribution is -2.56. The second-order valence-corrected chi connectivity index (χ2v) is 8.18. The number of fused-ring (bicyclic) bond motifs is 1. The van der Waals surface area contributed by atoms with Gasteiger partial charge in [0.25, 0.3) is 0 Å². The summed E-state index contributed by atoms with van der Waals surface area (Å²) in [6, 6.07) is 6.69. The number of ether oxygens (including phenoxy) is 2. The summed E-state index contributed by atoms with van der Waals surface area (Å²) in [4.78, 5) is 39.7. The molecule has 0 spiro atoms. The molecule has 0 aliphatic carbocycles. The van der Waals surface area contributed by atoms with Gasteiger partial charge in [-0.25, -0.2) is 14.8 Å². The quantitative estimate of drug-likeness (QED) is 0.493. The first-order valence-electron chi connectivity index (χ1n) is 11.4. The molecule has 2 aliphatic rings. The van der Waals surface area contributed by atoms with Gasteiger partial charge in [-0.15, -0.1) is 0 Å². The maximum atomic E-state index is 13.0. The van der Waals surface area contributed by atoms with Crippen molar-refractivity contribution >= 4 is 17.7 Å². The Morgan fingerprint density at radius 2 is 2.09 bits per heavy atom. The van der Waals surface area contributed by atoms with Crippen molar-refractivity contribution in [1.82, 2.24) is 30.2 Å². The Kier molecular flexibility index (Phi) is 6.42. The summed E-state index contributed by atoms with van der Waals surface area (Å²) in [5.41, 5.74) is 1.92. The molecule has 1 fully saturated rings. The molecule has 35 heavy (non-hydrogen) atoms. The molecule has 0 saturated carbocycles. The van der Waals surface area contributed by atoms with E-state index in [1.807, 2.05) is 31.1 Å². The molecule has 1 saturated heterocycles. The van der Waals surface area contributed by atoms with Crippen LogP contribution in [-0.4, -0.2) is 70.3 Å². The van der Waals surface area contributed by atoms with Crippen molar-refractivity contribution in [3.05, 3.63) is 59.9 Å². The number of carbonyl (C=O) groups excluding carboxylic acids is 2. The van der Waals surface area contributed by atoms with Gasteiger partial charge in [-0.05, 0) is 31.0 Å². The highest BCUT2D eigenvalue weighted by Crippen LogP contribution is 2.30. The van der Waals surface area contributed by atoms with Crippen LogP contribution in [0.25, 0.3) is 5.95 Å². The number of nitrogens with one attached hydrogen (secondary N) is 2. The number of amides is 1. The van der Waals surface area contributed by atoms with E-state index in [-0.39, 0.29) is 11.6 Å². The van der Waals surface area contributed by atoms with Crippen molar-refractivity contribution in [1.29, 1.82) is 0 Å². The molecule has 0 radical (unpaired) electrons. The number of piperazine rings is 1. The summed E-state index contributed by atoms with van der Waals surface area (Å²) in [7, 11) is 0. The van der Waals surface area contributed by atoms with Crippen LogP contribution in [0.4, 0.5) is 5.82 Å². The van der Waals surface area contributed by atoms with Crippen molar-refractivity contribution in [3.8, 4) is 17.4 Å². The molecule has 4 heterocycles. The number of benzene rings is 1. The van der Waals surface area contributed by atoms with Gasteiger partial charge in [-0.1, -0.05) is 6.07 Å².